The van der Waals surface area contributed by atoms with Gasteiger partial charge in [-0.25, -0.2) is 9.07 Å². The Kier molecular flexibility index (Phi) is 8.63. The first-order valence-electron chi connectivity index (χ1n) is 16.3. The highest BCUT2D eigenvalue weighted by atomic mass is 28.4. The van der Waals surface area contributed by atoms with Gasteiger partial charge >= 0.3 is 7.12 Å². The van der Waals surface area contributed by atoms with E-state index < -0.39 is 26.6 Å². The lowest BCUT2D eigenvalue weighted by atomic mass is 9.73. The number of hydrogen-bond donors (Lipinski definition) is 0. The Morgan fingerprint density at radius 2 is 1.56 bits per heavy atom. The first-order valence-corrected chi connectivity index (χ1v) is 18.2. The molecule has 1 atom stereocenters. The number of halogens is 1. The standard InChI is InChI=1S/C36H46BFN2O4Si/c1-34(2,3)45(26-16-10-8-11-17-26,27-18-12-9-13-19-27)42-23-21-28-30(38)24-31-29(25-39-40(31)32-20-14-15-22-41-32)33(28)37-43-35(4,5)36(6,7)44-37/h8-13,16-19,24-25,32H,14-15,20-23H2,1-7H3. The molecule has 2 aliphatic heterocycles. The van der Waals surface area contributed by atoms with Crippen LogP contribution in [-0.2, 0) is 24.9 Å². The monoisotopic (exact) mass is 628 g/mol. The van der Waals surface area contributed by atoms with Gasteiger partial charge in [-0.3, -0.25) is 0 Å². The molecule has 4 aromatic rings. The Labute approximate surface area is 268 Å². The van der Waals surface area contributed by atoms with Crippen LogP contribution in [0.3, 0.4) is 0 Å². The summed E-state index contributed by atoms with van der Waals surface area (Å²) in [5, 5.41) is 7.75. The van der Waals surface area contributed by atoms with E-state index in [4.69, 9.17) is 23.6 Å². The van der Waals surface area contributed by atoms with Crippen LogP contribution in [0.4, 0.5) is 4.39 Å². The van der Waals surface area contributed by atoms with E-state index in [-0.39, 0.29) is 17.1 Å². The first-order chi connectivity index (χ1) is 21.4. The third-order valence-corrected chi connectivity index (χ3v) is 15.0. The number of fused-ring (bicyclic) bond motifs is 1. The van der Waals surface area contributed by atoms with Gasteiger partial charge in [0.05, 0.1) is 22.9 Å². The lowest BCUT2D eigenvalue weighted by Gasteiger charge is -2.43. The minimum Gasteiger partial charge on any atom is -0.407 e. The molecule has 3 aromatic carbocycles. The molecule has 238 valence electrons. The fourth-order valence-electron chi connectivity index (χ4n) is 6.92. The van der Waals surface area contributed by atoms with Crippen LogP contribution in [0.15, 0.2) is 72.9 Å². The Balaban J connectivity index is 1.43. The van der Waals surface area contributed by atoms with E-state index >= 15 is 4.39 Å². The molecule has 6 nitrogen and oxygen atoms in total. The van der Waals surface area contributed by atoms with Crippen molar-refractivity contribution in [2.45, 2.75) is 96.6 Å². The smallest absolute Gasteiger partial charge is 0.407 e. The van der Waals surface area contributed by atoms with Crippen molar-refractivity contribution < 1.29 is 22.9 Å². The van der Waals surface area contributed by atoms with Crippen LogP contribution in [0.25, 0.3) is 10.9 Å². The largest absolute Gasteiger partial charge is 0.495 e. The number of hydrogen-bond acceptors (Lipinski definition) is 5. The number of nitrogens with zero attached hydrogens (tertiary/aromatic N) is 2. The number of aromatic nitrogens is 2. The van der Waals surface area contributed by atoms with Gasteiger partial charge in [0.2, 0.25) is 0 Å². The molecule has 6 rings (SSSR count). The van der Waals surface area contributed by atoms with Crippen molar-refractivity contribution in [2.75, 3.05) is 13.2 Å². The van der Waals surface area contributed by atoms with Crippen molar-refractivity contribution in [3.8, 4) is 0 Å². The van der Waals surface area contributed by atoms with Gasteiger partial charge in [-0.1, -0.05) is 81.4 Å². The maximum atomic E-state index is 16.5. The van der Waals surface area contributed by atoms with Crippen LogP contribution in [0.2, 0.25) is 5.04 Å². The van der Waals surface area contributed by atoms with Gasteiger partial charge in [-0.15, -0.1) is 0 Å². The van der Waals surface area contributed by atoms with Gasteiger partial charge in [-0.2, -0.15) is 5.10 Å². The van der Waals surface area contributed by atoms with E-state index in [1.807, 2.05) is 50.7 Å². The van der Waals surface area contributed by atoms with Crippen LogP contribution in [0.1, 0.15) is 79.5 Å². The Hall–Kier alpha value is -2.82. The molecule has 3 heterocycles. The second-order valence-electron chi connectivity index (χ2n) is 14.4. The second kappa shape index (κ2) is 12.1. The maximum Gasteiger partial charge on any atom is 0.495 e. The van der Waals surface area contributed by atoms with Crippen LogP contribution in [0.5, 0.6) is 0 Å². The Morgan fingerprint density at radius 3 is 2.09 bits per heavy atom. The van der Waals surface area contributed by atoms with Crippen molar-refractivity contribution in [1.82, 2.24) is 9.78 Å². The molecule has 9 heteroatoms. The van der Waals surface area contributed by atoms with E-state index in [0.29, 0.717) is 36.2 Å². The van der Waals surface area contributed by atoms with Gasteiger partial charge in [0, 0.05) is 24.7 Å². The molecule has 45 heavy (non-hydrogen) atoms. The Morgan fingerprint density at radius 1 is 0.956 bits per heavy atom. The summed E-state index contributed by atoms with van der Waals surface area (Å²) in [6.45, 7) is 15.9. The second-order valence-corrected chi connectivity index (χ2v) is 18.7. The highest BCUT2D eigenvalue weighted by molar-refractivity contribution is 6.99. The molecular formula is C36H46BFN2O4Si. The highest BCUT2D eigenvalue weighted by Crippen LogP contribution is 2.39. The number of ether oxygens (including phenoxy) is 1. The highest BCUT2D eigenvalue weighted by Gasteiger charge is 2.53. The average Bonchev–Trinajstić information content (AvgIpc) is 3.51. The predicted octanol–water partition coefficient (Wildman–Crippen LogP) is 6.29. The molecule has 1 aromatic heterocycles. The van der Waals surface area contributed by atoms with Gasteiger partial charge < -0.3 is 18.5 Å². The van der Waals surface area contributed by atoms with Crippen molar-refractivity contribution in [2.24, 2.45) is 0 Å². The molecular weight excluding hydrogens is 582 g/mol. The maximum absolute atomic E-state index is 16.5. The molecule has 0 radical (unpaired) electrons. The van der Waals surface area contributed by atoms with E-state index in [1.165, 1.54) is 10.4 Å². The molecule has 0 spiro atoms. The SMILES string of the molecule is CC1(C)OB(c2c(CCO[Si](c3ccccc3)(c3ccccc3)C(C)(C)C)c(F)cc3c2cnn3C2CCCCO2)OC1(C)C. The summed E-state index contributed by atoms with van der Waals surface area (Å²) in [5.41, 5.74) is 0.767. The summed E-state index contributed by atoms with van der Waals surface area (Å²) in [4.78, 5) is 0. The third kappa shape index (κ3) is 5.71. The van der Waals surface area contributed by atoms with Gasteiger partial charge in [0.25, 0.3) is 8.32 Å². The molecule has 0 amide bonds. The summed E-state index contributed by atoms with van der Waals surface area (Å²) in [7, 11) is -3.55. The van der Waals surface area contributed by atoms with Gasteiger partial charge in [-0.05, 0) is 79.8 Å². The van der Waals surface area contributed by atoms with E-state index in [9.17, 15) is 0 Å². The topological polar surface area (TPSA) is 54.7 Å². The quantitative estimate of drug-likeness (QED) is 0.215. The third-order valence-electron chi connectivity index (χ3n) is 10.0. The zero-order chi connectivity index (χ0) is 32.0. The zero-order valence-electron chi connectivity index (χ0n) is 27.7. The zero-order valence-corrected chi connectivity index (χ0v) is 28.7. The Bertz CT molecular complexity index is 1580. The summed E-state index contributed by atoms with van der Waals surface area (Å²) in [6.07, 6.45) is 4.88. The van der Waals surface area contributed by atoms with Crippen LogP contribution < -0.4 is 15.8 Å². The average molecular weight is 629 g/mol. The lowest BCUT2D eigenvalue weighted by molar-refractivity contribution is -0.0366. The fraction of sp³-hybridized carbons (Fsp3) is 0.472. The van der Waals surface area contributed by atoms with Crippen LogP contribution >= 0.6 is 0 Å². The predicted molar refractivity (Wildman–Crippen MR) is 182 cm³/mol. The van der Waals surface area contributed by atoms with Crippen LogP contribution in [-0.4, -0.2) is 49.6 Å². The van der Waals surface area contributed by atoms with Crippen molar-refractivity contribution in [1.29, 1.82) is 0 Å². The molecule has 0 bridgehead atoms. The molecule has 1 unspecified atom stereocenters. The molecule has 0 aliphatic carbocycles. The van der Waals surface area contributed by atoms with Gasteiger partial charge in [0.1, 0.15) is 5.82 Å². The van der Waals surface area contributed by atoms with Crippen LogP contribution in [0, 0.1) is 5.82 Å². The normalized spacial score (nSPS) is 20.2. The summed E-state index contributed by atoms with van der Waals surface area (Å²) < 4.78 is 44.7. The van der Waals surface area contributed by atoms with Crippen molar-refractivity contribution in [3.63, 3.8) is 0 Å². The fourth-order valence-corrected chi connectivity index (χ4v) is 11.5. The summed E-state index contributed by atoms with van der Waals surface area (Å²) in [5.74, 6) is -0.309. The van der Waals surface area contributed by atoms with Crippen molar-refractivity contribution in [3.05, 3.63) is 84.3 Å². The van der Waals surface area contributed by atoms with E-state index in [2.05, 4.69) is 69.3 Å². The molecule has 2 fully saturated rings. The summed E-state index contributed by atoms with van der Waals surface area (Å²) in [6, 6.07) is 22.7. The number of rotatable bonds is 8. The molecule has 0 saturated carbocycles. The summed E-state index contributed by atoms with van der Waals surface area (Å²) >= 11 is 0. The van der Waals surface area contributed by atoms with Crippen molar-refractivity contribution >= 4 is 42.2 Å². The molecule has 0 N–H and O–H groups in total. The number of benzene rings is 3. The lowest BCUT2D eigenvalue weighted by Crippen LogP contribution is -2.66. The first kappa shape index (κ1) is 32.1. The molecule has 2 saturated heterocycles. The van der Waals surface area contributed by atoms with E-state index in [1.54, 1.807) is 6.07 Å². The molecule has 2 aliphatic rings. The minimum absolute atomic E-state index is 0.187. The van der Waals surface area contributed by atoms with E-state index in [0.717, 1.165) is 24.6 Å². The van der Waals surface area contributed by atoms with Gasteiger partial charge in [0.15, 0.2) is 6.23 Å². The minimum atomic E-state index is -2.81.